The normalized spacial score (nSPS) is 28.8. The molecule has 104 valence electrons. The first-order valence-electron chi connectivity index (χ1n) is 5.45. The first-order chi connectivity index (χ1) is 9.08. The van der Waals surface area contributed by atoms with E-state index in [2.05, 4.69) is 9.99 Å². The van der Waals surface area contributed by atoms with Crippen LogP contribution < -0.4 is 11.2 Å². The van der Waals surface area contributed by atoms with Crippen molar-refractivity contribution in [1.82, 2.24) is 9.55 Å². The second-order valence-corrected chi connectivity index (χ2v) is 3.86. The van der Waals surface area contributed by atoms with Crippen LogP contribution in [0.2, 0.25) is 0 Å². The van der Waals surface area contributed by atoms with E-state index in [1.165, 1.54) is 13.3 Å². The number of aliphatic hydroxyl groups is 2. The van der Waals surface area contributed by atoms with Gasteiger partial charge in [0.15, 0.2) is 6.23 Å². The third-order valence-corrected chi connectivity index (χ3v) is 2.69. The lowest BCUT2D eigenvalue weighted by Gasteiger charge is -2.15. The number of H-pyrrole nitrogens is 1. The molecule has 1 aliphatic rings. The van der Waals surface area contributed by atoms with Crippen LogP contribution in [0.4, 0.5) is 0 Å². The SMILES string of the molecule is CO/N=C1\[C@@H](O)[C@H](n2ccc(=O)[nH]c2=O)O[C@@H]1CO. The summed E-state index contributed by atoms with van der Waals surface area (Å²) in [7, 11) is 1.29. The molecule has 3 N–H and O–H groups in total. The van der Waals surface area contributed by atoms with Crippen LogP contribution in [0.3, 0.4) is 0 Å². The van der Waals surface area contributed by atoms with E-state index >= 15 is 0 Å². The molecule has 1 aromatic rings. The standard InChI is InChI=1S/C10H13N3O6/c1-18-12-7-5(4-14)19-9(8(7)16)13-3-2-6(15)11-10(13)17/h2-3,5,8-9,14,16H,4H2,1H3,(H,11,15,17)/b12-7-/t5-,8-,9-/m1/s1. The number of ether oxygens (including phenoxy) is 1. The number of oxime groups is 1. The number of aromatic nitrogens is 2. The first-order valence-corrected chi connectivity index (χ1v) is 5.45. The summed E-state index contributed by atoms with van der Waals surface area (Å²) < 4.78 is 6.33. The summed E-state index contributed by atoms with van der Waals surface area (Å²) in [6.07, 6.45) is -2.03. The summed E-state index contributed by atoms with van der Waals surface area (Å²) in [5.74, 6) is 0. The van der Waals surface area contributed by atoms with Crippen LogP contribution in [0, 0.1) is 0 Å². The fourth-order valence-electron chi connectivity index (χ4n) is 1.85. The van der Waals surface area contributed by atoms with E-state index in [1.807, 2.05) is 4.98 Å². The Morgan fingerprint density at radius 1 is 1.58 bits per heavy atom. The van der Waals surface area contributed by atoms with Gasteiger partial charge in [-0.2, -0.15) is 0 Å². The summed E-state index contributed by atoms with van der Waals surface area (Å²) >= 11 is 0. The molecule has 1 fully saturated rings. The molecule has 0 aliphatic carbocycles. The van der Waals surface area contributed by atoms with Crippen LogP contribution in [0.5, 0.6) is 0 Å². The van der Waals surface area contributed by atoms with Crippen LogP contribution in [-0.2, 0) is 9.57 Å². The number of rotatable bonds is 3. The van der Waals surface area contributed by atoms with Crippen molar-refractivity contribution in [2.24, 2.45) is 5.16 Å². The predicted molar refractivity (Wildman–Crippen MR) is 62.8 cm³/mol. The van der Waals surface area contributed by atoms with Crippen molar-refractivity contribution in [2.75, 3.05) is 13.7 Å². The monoisotopic (exact) mass is 271 g/mol. The molecule has 2 heterocycles. The average molecular weight is 271 g/mol. The average Bonchev–Trinajstić information content (AvgIpc) is 2.68. The van der Waals surface area contributed by atoms with E-state index in [1.54, 1.807) is 0 Å². The van der Waals surface area contributed by atoms with E-state index < -0.39 is 36.3 Å². The van der Waals surface area contributed by atoms with Crippen LogP contribution in [-0.4, -0.2) is 51.4 Å². The minimum Gasteiger partial charge on any atom is -0.399 e. The Morgan fingerprint density at radius 3 is 2.89 bits per heavy atom. The molecule has 0 bridgehead atoms. The summed E-state index contributed by atoms with van der Waals surface area (Å²) in [5, 5.41) is 22.7. The number of aromatic amines is 1. The molecule has 0 amide bonds. The fourth-order valence-corrected chi connectivity index (χ4v) is 1.85. The summed E-state index contributed by atoms with van der Waals surface area (Å²) in [6.45, 7) is -0.423. The molecule has 9 nitrogen and oxygen atoms in total. The number of hydrogen-bond donors (Lipinski definition) is 3. The molecule has 1 aromatic heterocycles. The van der Waals surface area contributed by atoms with Gasteiger partial charge in [-0.1, -0.05) is 5.16 Å². The molecule has 2 rings (SSSR count). The first kappa shape index (κ1) is 13.5. The van der Waals surface area contributed by atoms with Crippen LogP contribution in [0.25, 0.3) is 0 Å². The zero-order valence-electron chi connectivity index (χ0n) is 10.0. The van der Waals surface area contributed by atoms with Crippen molar-refractivity contribution in [3.05, 3.63) is 33.1 Å². The Bertz CT molecular complexity index is 591. The maximum absolute atomic E-state index is 11.6. The van der Waals surface area contributed by atoms with Gasteiger partial charge in [0.05, 0.1) is 6.61 Å². The highest BCUT2D eigenvalue weighted by molar-refractivity contribution is 5.94. The third-order valence-electron chi connectivity index (χ3n) is 2.69. The van der Waals surface area contributed by atoms with Crippen molar-refractivity contribution in [3.8, 4) is 0 Å². The van der Waals surface area contributed by atoms with Gasteiger partial charge >= 0.3 is 5.69 Å². The summed E-state index contributed by atoms with van der Waals surface area (Å²) in [4.78, 5) is 29.2. The highest BCUT2D eigenvalue weighted by Crippen LogP contribution is 2.25. The zero-order valence-corrected chi connectivity index (χ0v) is 10.0. The van der Waals surface area contributed by atoms with Crippen LogP contribution in [0.15, 0.2) is 27.0 Å². The molecule has 0 saturated carbocycles. The molecule has 3 atom stereocenters. The fraction of sp³-hybridized carbons (Fsp3) is 0.500. The van der Waals surface area contributed by atoms with Gasteiger partial charge in [0.1, 0.15) is 25.0 Å². The molecule has 19 heavy (non-hydrogen) atoms. The number of nitrogens with one attached hydrogen (secondary N) is 1. The zero-order chi connectivity index (χ0) is 14.0. The lowest BCUT2D eigenvalue weighted by molar-refractivity contribution is -0.0526. The Kier molecular flexibility index (Phi) is 3.79. The van der Waals surface area contributed by atoms with Crippen molar-refractivity contribution in [1.29, 1.82) is 0 Å². The maximum Gasteiger partial charge on any atom is 0.330 e. The number of nitrogens with zero attached hydrogens (tertiary/aromatic N) is 2. The molecular weight excluding hydrogens is 258 g/mol. The van der Waals surface area contributed by atoms with E-state index in [0.717, 1.165) is 10.6 Å². The van der Waals surface area contributed by atoms with Gasteiger partial charge in [-0.15, -0.1) is 0 Å². The minimum absolute atomic E-state index is 0.0769. The lowest BCUT2D eigenvalue weighted by Crippen LogP contribution is -2.36. The van der Waals surface area contributed by atoms with Gasteiger partial charge in [-0.25, -0.2) is 4.79 Å². The maximum atomic E-state index is 11.6. The van der Waals surface area contributed by atoms with Gasteiger partial charge in [-0.3, -0.25) is 14.3 Å². The van der Waals surface area contributed by atoms with Crippen molar-refractivity contribution < 1.29 is 19.8 Å². The van der Waals surface area contributed by atoms with Crippen molar-refractivity contribution >= 4 is 5.71 Å². The number of aliphatic hydroxyl groups excluding tert-OH is 2. The molecule has 9 heteroatoms. The van der Waals surface area contributed by atoms with E-state index in [4.69, 9.17) is 9.84 Å². The Hall–Kier alpha value is -1.97. The summed E-state index contributed by atoms with van der Waals surface area (Å²) in [6, 6.07) is 1.12. The van der Waals surface area contributed by atoms with E-state index in [9.17, 15) is 14.7 Å². The van der Waals surface area contributed by atoms with Gasteiger partial charge in [-0.05, 0) is 0 Å². The molecule has 1 saturated heterocycles. The second kappa shape index (κ2) is 5.34. The van der Waals surface area contributed by atoms with E-state index in [-0.39, 0.29) is 5.71 Å². The smallest absolute Gasteiger partial charge is 0.330 e. The van der Waals surface area contributed by atoms with E-state index in [0.29, 0.717) is 0 Å². The molecule has 0 unspecified atom stereocenters. The largest absolute Gasteiger partial charge is 0.399 e. The molecular formula is C10H13N3O6. The van der Waals surface area contributed by atoms with Crippen molar-refractivity contribution in [2.45, 2.75) is 18.4 Å². The Morgan fingerprint density at radius 2 is 2.32 bits per heavy atom. The Balaban J connectivity index is 2.39. The van der Waals surface area contributed by atoms with Gasteiger partial charge in [0, 0.05) is 12.3 Å². The second-order valence-electron chi connectivity index (χ2n) is 3.86. The lowest BCUT2D eigenvalue weighted by atomic mass is 10.1. The molecule has 1 aliphatic heterocycles. The topological polar surface area (TPSA) is 126 Å². The van der Waals surface area contributed by atoms with Gasteiger partial charge < -0.3 is 19.8 Å². The Labute approximate surface area is 106 Å². The van der Waals surface area contributed by atoms with Crippen molar-refractivity contribution in [3.63, 3.8) is 0 Å². The number of hydrogen-bond acceptors (Lipinski definition) is 7. The van der Waals surface area contributed by atoms with Crippen LogP contribution >= 0.6 is 0 Å². The van der Waals surface area contributed by atoms with Crippen LogP contribution in [0.1, 0.15) is 6.23 Å². The third kappa shape index (κ3) is 2.43. The highest BCUT2D eigenvalue weighted by Gasteiger charge is 2.42. The molecule has 0 radical (unpaired) electrons. The van der Waals surface area contributed by atoms with Gasteiger partial charge in [0.25, 0.3) is 5.56 Å². The van der Waals surface area contributed by atoms with Gasteiger partial charge in [0.2, 0.25) is 0 Å². The predicted octanol–water partition coefficient (Wildman–Crippen LogP) is -2.21. The minimum atomic E-state index is -1.26. The molecule has 0 aromatic carbocycles. The summed E-state index contributed by atoms with van der Waals surface area (Å²) in [5.41, 5.74) is -1.21. The highest BCUT2D eigenvalue weighted by atomic mass is 16.6. The molecule has 0 spiro atoms. The quantitative estimate of drug-likeness (QED) is 0.535.